The lowest BCUT2D eigenvalue weighted by Gasteiger charge is -2.38. The maximum Gasteiger partial charge on any atom is 0.127 e. The monoisotopic (exact) mass is 309 g/mol. The Morgan fingerprint density at radius 2 is 1.81 bits per heavy atom. The van der Waals surface area contributed by atoms with Crippen LogP contribution in [0, 0.1) is 11.2 Å². The summed E-state index contributed by atoms with van der Waals surface area (Å²) >= 11 is 4.65. The molecule has 0 radical (unpaired) electrons. The fourth-order valence-corrected chi connectivity index (χ4v) is 3.98. The number of halogens is 1. The van der Waals surface area contributed by atoms with Crippen LogP contribution in [-0.2, 0) is 0 Å². The standard InChI is InChI=1S/C18H28FNS/c1-15(16-9-5-6-10-17(16)19)20(2)13-18(14-21)11-7-3-4-8-12-18/h5-6,9-10,15,21H,3-4,7-8,11-14H2,1-2H3. The zero-order valence-corrected chi connectivity index (χ0v) is 14.2. The number of rotatable bonds is 5. The number of thiol groups is 1. The molecule has 0 aliphatic heterocycles. The van der Waals surface area contributed by atoms with Gasteiger partial charge in [0.2, 0.25) is 0 Å². The van der Waals surface area contributed by atoms with E-state index in [-0.39, 0.29) is 11.9 Å². The van der Waals surface area contributed by atoms with Crippen LogP contribution < -0.4 is 0 Å². The minimum atomic E-state index is -0.0994. The summed E-state index contributed by atoms with van der Waals surface area (Å²) in [6, 6.07) is 7.23. The fraction of sp³-hybridized carbons (Fsp3) is 0.667. The molecule has 1 unspecified atom stereocenters. The summed E-state index contributed by atoms with van der Waals surface area (Å²) in [5.41, 5.74) is 1.09. The Labute approximate surface area is 134 Å². The van der Waals surface area contributed by atoms with Gasteiger partial charge in [-0.25, -0.2) is 4.39 Å². The van der Waals surface area contributed by atoms with Crippen molar-refractivity contribution in [1.29, 1.82) is 0 Å². The Kier molecular flexibility index (Phi) is 6.12. The van der Waals surface area contributed by atoms with Crippen LogP contribution in [0.4, 0.5) is 4.39 Å². The maximum atomic E-state index is 14.0. The molecule has 1 aliphatic carbocycles. The van der Waals surface area contributed by atoms with Crippen LogP contribution in [0.1, 0.15) is 57.1 Å². The lowest BCUT2D eigenvalue weighted by atomic mass is 9.81. The largest absolute Gasteiger partial charge is 0.299 e. The molecule has 21 heavy (non-hydrogen) atoms. The first kappa shape index (κ1) is 16.8. The number of hydrogen-bond acceptors (Lipinski definition) is 2. The molecule has 0 aromatic heterocycles. The van der Waals surface area contributed by atoms with Crippen LogP contribution >= 0.6 is 12.6 Å². The maximum absolute atomic E-state index is 14.0. The number of benzene rings is 1. The Hall–Kier alpha value is -0.540. The Morgan fingerprint density at radius 1 is 1.19 bits per heavy atom. The van der Waals surface area contributed by atoms with E-state index in [1.165, 1.54) is 38.5 Å². The molecule has 0 amide bonds. The van der Waals surface area contributed by atoms with Gasteiger partial charge in [-0.1, -0.05) is 43.9 Å². The fourth-order valence-electron chi connectivity index (χ4n) is 3.56. The van der Waals surface area contributed by atoms with Crippen molar-refractivity contribution in [3.05, 3.63) is 35.6 Å². The summed E-state index contributed by atoms with van der Waals surface area (Å²) < 4.78 is 14.0. The van der Waals surface area contributed by atoms with E-state index in [4.69, 9.17) is 0 Å². The van der Waals surface area contributed by atoms with Crippen LogP contribution in [-0.4, -0.2) is 24.2 Å². The zero-order chi connectivity index (χ0) is 15.3. The molecule has 3 heteroatoms. The molecule has 2 rings (SSSR count). The van der Waals surface area contributed by atoms with Gasteiger partial charge >= 0.3 is 0 Å². The molecule has 1 atom stereocenters. The summed E-state index contributed by atoms with van der Waals surface area (Å²) in [7, 11) is 2.12. The van der Waals surface area contributed by atoms with E-state index in [0.29, 0.717) is 5.41 Å². The van der Waals surface area contributed by atoms with Crippen molar-refractivity contribution in [2.24, 2.45) is 5.41 Å². The van der Waals surface area contributed by atoms with E-state index in [1.54, 1.807) is 12.1 Å². The zero-order valence-electron chi connectivity index (χ0n) is 13.3. The highest BCUT2D eigenvalue weighted by Crippen LogP contribution is 2.38. The molecule has 1 aromatic carbocycles. The van der Waals surface area contributed by atoms with Crippen LogP contribution in [0.5, 0.6) is 0 Å². The van der Waals surface area contributed by atoms with E-state index in [2.05, 4.69) is 31.5 Å². The van der Waals surface area contributed by atoms with Crippen LogP contribution in [0.15, 0.2) is 24.3 Å². The van der Waals surface area contributed by atoms with Gasteiger partial charge in [-0.15, -0.1) is 0 Å². The van der Waals surface area contributed by atoms with E-state index >= 15 is 0 Å². The highest BCUT2D eigenvalue weighted by molar-refractivity contribution is 7.80. The van der Waals surface area contributed by atoms with Gasteiger partial charge in [-0.05, 0) is 44.0 Å². The van der Waals surface area contributed by atoms with E-state index in [0.717, 1.165) is 17.9 Å². The molecule has 0 N–H and O–H groups in total. The van der Waals surface area contributed by atoms with Crippen molar-refractivity contribution in [1.82, 2.24) is 4.90 Å². The van der Waals surface area contributed by atoms with E-state index in [1.807, 2.05) is 12.1 Å². The number of nitrogens with zero attached hydrogens (tertiary/aromatic N) is 1. The predicted molar refractivity (Wildman–Crippen MR) is 91.4 cm³/mol. The summed E-state index contributed by atoms with van der Waals surface area (Å²) in [5.74, 6) is 0.832. The summed E-state index contributed by atoms with van der Waals surface area (Å²) in [6.45, 7) is 3.10. The second-order valence-electron chi connectivity index (χ2n) is 6.68. The van der Waals surface area contributed by atoms with Gasteiger partial charge in [-0.2, -0.15) is 12.6 Å². The molecule has 0 heterocycles. The van der Waals surface area contributed by atoms with Crippen LogP contribution in [0.2, 0.25) is 0 Å². The summed E-state index contributed by atoms with van der Waals surface area (Å²) in [6.07, 6.45) is 7.82. The summed E-state index contributed by atoms with van der Waals surface area (Å²) in [4.78, 5) is 2.31. The second kappa shape index (κ2) is 7.64. The molecule has 1 fully saturated rings. The van der Waals surface area contributed by atoms with Crippen molar-refractivity contribution >= 4 is 12.6 Å². The summed E-state index contributed by atoms with van der Waals surface area (Å²) in [5, 5.41) is 0. The molecule has 118 valence electrons. The van der Waals surface area contributed by atoms with Crippen molar-refractivity contribution in [2.45, 2.75) is 51.5 Å². The van der Waals surface area contributed by atoms with Crippen molar-refractivity contribution in [3.8, 4) is 0 Å². The lowest BCUT2D eigenvalue weighted by Crippen LogP contribution is -2.38. The molecule has 0 bridgehead atoms. The van der Waals surface area contributed by atoms with Gasteiger partial charge in [0.25, 0.3) is 0 Å². The van der Waals surface area contributed by atoms with Gasteiger partial charge in [0, 0.05) is 18.2 Å². The highest BCUT2D eigenvalue weighted by atomic mass is 32.1. The third kappa shape index (κ3) is 4.23. The van der Waals surface area contributed by atoms with Crippen molar-refractivity contribution < 1.29 is 4.39 Å². The highest BCUT2D eigenvalue weighted by Gasteiger charge is 2.32. The molecular weight excluding hydrogens is 281 g/mol. The van der Waals surface area contributed by atoms with Gasteiger partial charge in [0.05, 0.1) is 0 Å². The Morgan fingerprint density at radius 3 is 2.38 bits per heavy atom. The third-order valence-corrected chi connectivity index (χ3v) is 5.77. The molecule has 1 saturated carbocycles. The SMILES string of the molecule is CC(c1ccccc1F)N(C)CC1(CS)CCCCCC1. The second-order valence-corrected chi connectivity index (χ2v) is 7.00. The van der Waals surface area contributed by atoms with E-state index < -0.39 is 0 Å². The Balaban J connectivity index is 2.08. The van der Waals surface area contributed by atoms with Crippen molar-refractivity contribution in [2.75, 3.05) is 19.3 Å². The molecule has 0 saturated heterocycles. The molecule has 1 nitrogen and oxygen atoms in total. The predicted octanol–water partition coefficient (Wildman–Crippen LogP) is 5.09. The van der Waals surface area contributed by atoms with Gasteiger partial charge < -0.3 is 0 Å². The minimum Gasteiger partial charge on any atom is -0.299 e. The first-order valence-electron chi connectivity index (χ1n) is 8.13. The van der Waals surface area contributed by atoms with Gasteiger partial charge in [-0.3, -0.25) is 4.90 Å². The third-order valence-electron chi connectivity index (χ3n) is 5.10. The smallest absolute Gasteiger partial charge is 0.127 e. The number of hydrogen-bond donors (Lipinski definition) is 1. The first-order chi connectivity index (χ1) is 10.1. The average molecular weight is 309 g/mol. The Bertz CT molecular complexity index is 441. The van der Waals surface area contributed by atoms with Gasteiger partial charge in [0.15, 0.2) is 0 Å². The molecular formula is C18H28FNS. The average Bonchev–Trinajstić information content (AvgIpc) is 2.73. The van der Waals surface area contributed by atoms with Crippen LogP contribution in [0.3, 0.4) is 0 Å². The van der Waals surface area contributed by atoms with Crippen molar-refractivity contribution in [3.63, 3.8) is 0 Å². The van der Waals surface area contributed by atoms with Gasteiger partial charge in [0.1, 0.15) is 5.82 Å². The normalized spacial score (nSPS) is 20.2. The van der Waals surface area contributed by atoms with Crippen LogP contribution in [0.25, 0.3) is 0 Å². The first-order valence-corrected chi connectivity index (χ1v) is 8.77. The lowest BCUT2D eigenvalue weighted by molar-refractivity contribution is 0.141. The quantitative estimate of drug-likeness (QED) is 0.586. The molecule has 1 aromatic rings. The molecule has 1 aliphatic rings. The molecule has 0 spiro atoms. The topological polar surface area (TPSA) is 3.24 Å². The van der Waals surface area contributed by atoms with E-state index in [9.17, 15) is 4.39 Å². The minimum absolute atomic E-state index is 0.0994.